The van der Waals surface area contributed by atoms with Gasteiger partial charge in [-0.1, -0.05) is 32.9 Å². The van der Waals surface area contributed by atoms with E-state index in [1.54, 1.807) is 23.1 Å². The third-order valence-corrected chi connectivity index (χ3v) is 7.67. The van der Waals surface area contributed by atoms with Gasteiger partial charge in [0.1, 0.15) is 0 Å². The summed E-state index contributed by atoms with van der Waals surface area (Å²) < 4.78 is 34.0. The van der Waals surface area contributed by atoms with Gasteiger partial charge in [0.05, 0.1) is 30.2 Å². The standard InChI is InChI=1S/C24H30N2O4S/c1-4-18-5-7-21(8-6-18)26(13-17(2)3)31(28,29)22-9-10-23-20(11-22)12-24(27)25(23)14-19-15-30-16-19/h5-11,17,19H,4,12-16H2,1-3H3. The first-order valence-corrected chi connectivity index (χ1v) is 12.4. The number of carbonyl (C=O) groups is 1. The molecule has 0 saturated carbocycles. The molecule has 166 valence electrons. The van der Waals surface area contributed by atoms with E-state index in [0.29, 0.717) is 37.9 Å². The van der Waals surface area contributed by atoms with Crippen molar-refractivity contribution in [1.29, 1.82) is 0 Å². The van der Waals surface area contributed by atoms with Crippen LogP contribution < -0.4 is 9.21 Å². The van der Waals surface area contributed by atoms with Gasteiger partial charge in [0.15, 0.2) is 0 Å². The van der Waals surface area contributed by atoms with Gasteiger partial charge in [-0.2, -0.15) is 0 Å². The number of anilines is 2. The largest absolute Gasteiger partial charge is 0.381 e. The van der Waals surface area contributed by atoms with Gasteiger partial charge in [0.25, 0.3) is 10.0 Å². The van der Waals surface area contributed by atoms with E-state index in [4.69, 9.17) is 4.74 Å². The van der Waals surface area contributed by atoms with E-state index in [0.717, 1.165) is 17.7 Å². The second kappa shape index (κ2) is 8.63. The maximum absolute atomic E-state index is 13.6. The molecule has 2 aliphatic heterocycles. The van der Waals surface area contributed by atoms with Crippen LogP contribution >= 0.6 is 0 Å². The van der Waals surface area contributed by atoms with E-state index in [9.17, 15) is 13.2 Å². The van der Waals surface area contributed by atoms with Crippen LogP contribution in [0.2, 0.25) is 0 Å². The van der Waals surface area contributed by atoms with Crippen LogP contribution in [0.5, 0.6) is 0 Å². The van der Waals surface area contributed by atoms with Crippen molar-refractivity contribution in [2.24, 2.45) is 11.8 Å². The summed E-state index contributed by atoms with van der Waals surface area (Å²) in [5.74, 6) is 0.536. The highest BCUT2D eigenvalue weighted by Gasteiger charge is 2.33. The van der Waals surface area contributed by atoms with Crippen molar-refractivity contribution >= 4 is 27.3 Å². The van der Waals surface area contributed by atoms with Crippen molar-refractivity contribution in [3.63, 3.8) is 0 Å². The Labute approximate surface area is 184 Å². The summed E-state index contributed by atoms with van der Waals surface area (Å²) in [5, 5.41) is 0. The first kappa shape index (κ1) is 21.8. The lowest BCUT2D eigenvalue weighted by Crippen LogP contribution is -2.40. The van der Waals surface area contributed by atoms with Crippen molar-refractivity contribution in [2.45, 2.75) is 38.5 Å². The molecule has 4 rings (SSSR count). The molecule has 0 aliphatic carbocycles. The highest BCUT2D eigenvalue weighted by Crippen LogP contribution is 2.34. The number of benzene rings is 2. The first-order chi connectivity index (χ1) is 14.8. The topological polar surface area (TPSA) is 66.9 Å². The van der Waals surface area contributed by atoms with E-state index in [2.05, 4.69) is 6.92 Å². The van der Waals surface area contributed by atoms with Crippen molar-refractivity contribution in [3.05, 3.63) is 53.6 Å². The minimum atomic E-state index is -3.76. The molecule has 1 fully saturated rings. The molecular formula is C24H30N2O4S. The number of hydrogen-bond acceptors (Lipinski definition) is 4. The highest BCUT2D eigenvalue weighted by molar-refractivity contribution is 7.92. The molecule has 0 spiro atoms. The summed E-state index contributed by atoms with van der Waals surface area (Å²) in [6.07, 6.45) is 1.14. The number of hydrogen-bond donors (Lipinski definition) is 0. The van der Waals surface area contributed by atoms with Crippen LogP contribution in [-0.4, -0.2) is 40.6 Å². The van der Waals surface area contributed by atoms with Gasteiger partial charge in [-0.25, -0.2) is 8.42 Å². The van der Waals surface area contributed by atoms with Crippen LogP contribution in [0.1, 0.15) is 31.9 Å². The Bertz CT molecular complexity index is 1060. The fraction of sp³-hybridized carbons (Fsp3) is 0.458. The maximum Gasteiger partial charge on any atom is 0.264 e. The van der Waals surface area contributed by atoms with Crippen molar-refractivity contribution in [2.75, 3.05) is 35.5 Å². The Morgan fingerprint density at radius 1 is 1.13 bits per heavy atom. The number of nitrogens with zero attached hydrogens (tertiary/aromatic N) is 2. The number of sulfonamides is 1. The number of carbonyl (C=O) groups excluding carboxylic acids is 1. The number of fused-ring (bicyclic) bond motifs is 1. The number of rotatable bonds is 8. The maximum atomic E-state index is 13.6. The van der Waals surface area contributed by atoms with E-state index < -0.39 is 10.0 Å². The Kier molecular flexibility index (Phi) is 6.08. The molecule has 2 heterocycles. The predicted molar refractivity (Wildman–Crippen MR) is 122 cm³/mol. The van der Waals surface area contributed by atoms with Gasteiger partial charge >= 0.3 is 0 Å². The Morgan fingerprint density at radius 3 is 2.42 bits per heavy atom. The molecule has 0 aromatic heterocycles. The third kappa shape index (κ3) is 4.34. The molecule has 31 heavy (non-hydrogen) atoms. The van der Waals surface area contributed by atoms with E-state index in [1.165, 1.54) is 9.87 Å². The monoisotopic (exact) mass is 442 g/mol. The lowest BCUT2D eigenvalue weighted by molar-refractivity contribution is -0.118. The summed E-state index contributed by atoms with van der Waals surface area (Å²) in [5.41, 5.74) is 3.42. The molecule has 0 unspecified atom stereocenters. The summed E-state index contributed by atoms with van der Waals surface area (Å²) in [4.78, 5) is 14.6. The zero-order valence-corrected chi connectivity index (χ0v) is 19.2. The molecule has 6 nitrogen and oxygen atoms in total. The van der Waals surface area contributed by atoms with Gasteiger partial charge in [-0.3, -0.25) is 9.10 Å². The average molecular weight is 443 g/mol. The minimum Gasteiger partial charge on any atom is -0.381 e. The Morgan fingerprint density at radius 2 is 1.84 bits per heavy atom. The van der Waals surface area contributed by atoms with Crippen LogP contribution in [0.4, 0.5) is 11.4 Å². The Balaban J connectivity index is 1.66. The van der Waals surface area contributed by atoms with Crippen LogP contribution in [0.15, 0.2) is 47.4 Å². The SMILES string of the molecule is CCc1ccc(N(CC(C)C)S(=O)(=O)c2ccc3c(c2)CC(=O)N3CC2COC2)cc1. The number of amides is 1. The third-order valence-electron chi connectivity index (χ3n) is 5.88. The lowest BCUT2D eigenvalue weighted by Gasteiger charge is -2.30. The normalized spacial score (nSPS) is 16.5. The average Bonchev–Trinajstić information content (AvgIpc) is 3.03. The summed E-state index contributed by atoms with van der Waals surface area (Å²) in [6, 6.07) is 12.8. The smallest absolute Gasteiger partial charge is 0.264 e. The van der Waals surface area contributed by atoms with Crippen molar-refractivity contribution < 1.29 is 17.9 Å². The van der Waals surface area contributed by atoms with Gasteiger partial charge < -0.3 is 9.64 Å². The first-order valence-electron chi connectivity index (χ1n) is 10.9. The summed E-state index contributed by atoms with van der Waals surface area (Å²) in [6.45, 7) is 8.45. The highest BCUT2D eigenvalue weighted by atomic mass is 32.2. The zero-order valence-electron chi connectivity index (χ0n) is 18.4. The lowest BCUT2D eigenvalue weighted by atomic mass is 10.1. The zero-order chi connectivity index (χ0) is 22.2. The molecule has 2 aromatic rings. The van der Waals surface area contributed by atoms with Gasteiger partial charge in [0, 0.05) is 24.7 Å². The predicted octanol–water partition coefficient (Wildman–Crippen LogP) is 3.64. The molecule has 0 atom stereocenters. The number of aryl methyl sites for hydroxylation is 1. The van der Waals surface area contributed by atoms with Crippen LogP contribution in [-0.2, 0) is 32.4 Å². The number of ether oxygens (including phenoxy) is 1. The van der Waals surface area contributed by atoms with Crippen molar-refractivity contribution in [1.82, 2.24) is 0 Å². The molecule has 2 aromatic carbocycles. The molecular weight excluding hydrogens is 412 g/mol. The van der Waals surface area contributed by atoms with E-state index in [1.807, 2.05) is 38.1 Å². The molecule has 0 radical (unpaired) electrons. The molecule has 1 saturated heterocycles. The summed E-state index contributed by atoms with van der Waals surface area (Å²) in [7, 11) is -3.76. The van der Waals surface area contributed by atoms with E-state index >= 15 is 0 Å². The molecule has 0 bridgehead atoms. The Hall–Kier alpha value is -2.38. The van der Waals surface area contributed by atoms with Crippen molar-refractivity contribution in [3.8, 4) is 0 Å². The molecule has 7 heteroatoms. The molecule has 2 aliphatic rings. The summed E-state index contributed by atoms with van der Waals surface area (Å²) >= 11 is 0. The van der Waals surface area contributed by atoms with Crippen LogP contribution in [0.3, 0.4) is 0 Å². The quantitative estimate of drug-likeness (QED) is 0.626. The fourth-order valence-corrected chi connectivity index (χ4v) is 5.75. The molecule has 0 N–H and O–H groups in total. The van der Waals surface area contributed by atoms with Crippen LogP contribution in [0.25, 0.3) is 0 Å². The fourth-order valence-electron chi connectivity index (χ4n) is 4.07. The van der Waals surface area contributed by atoms with E-state index in [-0.39, 0.29) is 23.1 Å². The molecule has 1 amide bonds. The van der Waals surface area contributed by atoms with Crippen LogP contribution in [0, 0.1) is 11.8 Å². The second-order valence-corrected chi connectivity index (χ2v) is 10.7. The van der Waals surface area contributed by atoms with Gasteiger partial charge in [0.2, 0.25) is 5.91 Å². The second-order valence-electron chi connectivity index (χ2n) is 8.83. The van der Waals surface area contributed by atoms with Gasteiger partial charge in [-0.15, -0.1) is 0 Å². The minimum absolute atomic E-state index is 0.0191. The van der Waals surface area contributed by atoms with Gasteiger partial charge in [-0.05, 0) is 53.8 Å².